The van der Waals surface area contributed by atoms with Crippen LogP contribution in [0.1, 0.15) is 67.1 Å². The van der Waals surface area contributed by atoms with Crippen molar-refractivity contribution in [3.63, 3.8) is 0 Å². The number of benzene rings is 1. The number of carbonyl (C=O) groups is 1. The van der Waals surface area contributed by atoms with E-state index in [-0.39, 0.29) is 17.5 Å². The van der Waals surface area contributed by atoms with Crippen molar-refractivity contribution in [1.82, 2.24) is 9.97 Å². The number of aromatic nitrogens is 2. The van der Waals surface area contributed by atoms with Gasteiger partial charge in [0.15, 0.2) is 10.9 Å². The van der Waals surface area contributed by atoms with Crippen LogP contribution in [0.5, 0.6) is 0 Å². The lowest BCUT2D eigenvalue weighted by Crippen LogP contribution is -2.29. The summed E-state index contributed by atoms with van der Waals surface area (Å²) in [5.74, 6) is 0.211. The third kappa shape index (κ3) is 4.91. The summed E-state index contributed by atoms with van der Waals surface area (Å²) in [6.45, 7) is 4.25. The van der Waals surface area contributed by atoms with Gasteiger partial charge in [0.25, 0.3) is 0 Å². The first-order valence-electron chi connectivity index (χ1n) is 11.1. The van der Waals surface area contributed by atoms with Crippen LogP contribution in [0.25, 0.3) is 10.9 Å². The number of halogens is 1. The molecule has 160 valence electrons. The lowest BCUT2D eigenvalue weighted by Gasteiger charge is -2.25. The second-order valence-corrected chi connectivity index (χ2v) is 9.41. The molecule has 1 N–H and O–H groups in total. The van der Waals surface area contributed by atoms with Crippen LogP contribution in [-0.4, -0.2) is 28.8 Å². The van der Waals surface area contributed by atoms with Crippen LogP contribution in [-0.2, 0) is 6.42 Å². The van der Waals surface area contributed by atoms with Gasteiger partial charge in [-0.3, -0.25) is 4.79 Å². The number of hydrogen-bond donors (Lipinski definition) is 1. The van der Waals surface area contributed by atoms with Gasteiger partial charge in [0.1, 0.15) is 5.82 Å². The summed E-state index contributed by atoms with van der Waals surface area (Å²) < 4.78 is 13.7. The van der Waals surface area contributed by atoms with E-state index in [1.54, 1.807) is 18.3 Å². The molecular weight excluding hydrogens is 397 g/mol. The second-order valence-electron chi connectivity index (χ2n) is 8.40. The summed E-state index contributed by atoms with van der Waals surface area (Å²) in [6.07, 6.45) is 11.9. The number of anilines is 1. The SMILES string of the molecule is CCCCC(CC(=O)c1cnc(N2CCCCC2)s1)Cc1c[nH]c2ccc(F)cc12. The van der Waals surface area contributed by atoms with Crippen molar-refractivity contribution >= 4 is 33.2 Å². The summed E-state index contributed by atoms with van der Waals surface area (Å²) in [5.41, 5.74) is 2.04. The number of nitrogens with one attached hydrogen (secondary N) is 1. The van der Waals surface area contributed by atoms with Gasteiger partial charge in [-0.15, -0.1) is 0 Å². The topological polar surface area (TPSA) is 49.0 Å². The van der Waals surface area contributed by atoms with E-state index in [1.165, 1.54) is 36.7 Å². The van der Waals surface area contributed by atoms with Crippen LogP contribution < -0.4 is 4.90 Å². The third-order valence-electron chi connectivity index (χ3n) is 6.07. The normalized spacial score (nSPS) is 15.6. The molecule has 1 aromatic carbocycles. The number of Topliss-reactive ketones (excluding diaryl/α,β-unsaturated/α-hetero) is 1. The summed E-state index contributed by atoms with van der Waals surface area (Å²) in [4.78, 5) is 23.9. The number of nitrogens with zero attached hydrogens (tertiary/aromatic N) is 2. The molecular formula is C24H30FN3OS. The van der Waals surface area contributed by atoms with E-state index < -0.39 is 0 Å². The number of H-pyrrole nitrogens is 1. The van der Waals surface area contributed by atoms with E-state index in [0.29, 0.717) is 6.42 Å². The molecule has 0 spiro atoms. The second kappa shape index (κ2) is 9.73. The number of aromatic amines is 1. The Balaban J connectivity index is 1.46. The highest BCUT2D eigenvalue weighted by molar-refractivity contribution is 7.17. The van der Waals surface area contributed by atoms with Gasteiger partial charge < -0.3 is 9.88 Å². The van der Waals surface area contributed by atoms with Gasteiger partial charge in [-0.25, -0.2) is 9.37 Å². The van der Waals surface area contributed by atoms with Crippen molar-refractivity contribution < 1.29 is 9.18 Å². The molecule has 30 heavy (non-hydrogen) atoms. The van der Waals surface area contributed by atoms with Gasteiger partial charge in [-0.05, 0) is 61.8 Å². The number of carbonyl (C=O) groups excluding carboxylic acids is 1. The van der Waals surface area contributed by atoms with E-state index in [2.05, 4.69) is 21.8 Å². The van der Waals surface area contributed by atoms with Crippen LogP contribution in [0.15, 0.2) is 30.6 Å². The van der Waals surface area contributed by atoms with Gasteiger partial charge in [0.05, 0.1) is 11.1 Å². The smallest absolute Gasteiger partial charge is 0.185 e. The Bertz CT molecular complexity index is 989. The predicted molar refractivity (Wildman–Crippen MR) is 122 cm³/mol. The quantitative estimate of drug-likeness (QED) is 0.403. The van der Waals surface area contributed by atoms with Crippen molar-refractivity contribution in [3.8, 4) is 0 Å². The first-order chi connectivity index (χ1) is 14.6. The average molecular weight is 428 g/mol. The van der Waals surface area contributed by atoms with Gasteiger partial charge in [-0.2, -0.15) is 0 Å². The molecule has 4 nitrogen and oxygen atoms in total. The van der Waals surface area contributed by atoms with Crippen molar-refractivity contribution in [2.24, 2.45) is 5.92 Å². The Morgan fingerprint density at radius 2 is 2.13 bits per heavy atom. The molecule has 0 bridgehead atoms. The summed E-state index contributed by atoms with van der Waals surface area (Å²) in [7, 11) is 0. The van der Waals surface area contributed by atoms with Crippen LogP contribution in [0, 0.1) is 11.7 Å². The standard InChI is InChI=1S/C24H30FN3OS/c1-2-3-7-17(12-18-15-26-21-9-8-19(25)14-20(18)21)13-22(29)23-16-27-24(30-23)28-10-5-4-6-11-28/h8-9,14-17,26H,2-7,10-13H2,1H3. The van der Waals surface area contributed by atoms with Gasteiger partial charge in [-0.1, -0.05) is 31.1 Å². The first-order valence-corrected chi connectivity index (χ1v) is 11.9. The first kappa shape index (κ1) is 21.0. The highest BCUT2D eigenvalue weighted by atomic mass is 32.1. The number of ketones is 1. The maximum atomic E-state index is 13.7. The van der Waals surface area contributed by atoms with Gasteiger partial charge >= 0.3 is 0 Å². The predicted octanol–water partition coefficient (Wildman–Crippen LogP) is 6.38. The van der Waals surface area contributed by atoms with E-state index in [1.807, 2.05) is 6.20 Å². The minimum Gasteiger partial charge on any atom is -0.361 e. The number of piperidine rings is 1. The molecule has 1 unspecified atom stereocenters. The van der Waals surface area contributed by atoms with Crippen molar-refractivity contribution in [1.29, 1.82) is 0 Å². The van der Waals surface area contributed by atoms with Crippen LogP contribution in [0.4, 0.5) is 9.52 Å². The van der Waals surface area contributed by atoms with Crippen molar-refractivity contribution in [2.75, 3.05) is 18.0 Å². The Hall–Kier alpha value is -2.21. The van der Waals surface area contributed by atoms with Crippen LogP contribution in [0.3, 0.4) is 0 Å². The van der Waals surface area contributed by atoms with E-state index in [0.717, 1.165) is 65.2 Å². The zero-order chi connectivity index (χ0) is 20.9. The minimum atomic E-state index is -0.223. The molecule has 0 saturated carbocycles. The molecule has 0 radical (unpaired) electrons. The molecule has 6 heteroatoms. The maximum absolute atomic E-state index is 13.7. The van der Waals surface area contributed by atoms with E-state index >= 15 is 0 Å². The molecule has 0 amide bonds. The lowest BCUT2D eigenvalue weighted by molar-refractivity contribution is 0.0962. The van der Waals surface area contributed by atoms with Gasteiger partial charge in [0, 0.05) is 36.6 Å². The highest BCUT2D eigenvalue weighted by Crippen LogP contribution is 2.30. The molecule has 0 aliphatic carbocycles. The van der Waals surface area contributed by atoms with E-state index in [9.17, 15) is 9.18 Å². The lowest BCUT2D eigenvalue weighted by atomic mass is 9.89. The molecule has 1 atom stereocenters. The largest absolute Gasteiger partial charge is 0.361 e. The number of thiazole rings is 1. The molecule has 1 aliphatic rings. The molecule has 1 saturated heterocycles. The Morgan fingerprint density at radius 3 is 2.93 bits per heavy atom. The molecule has 3 aromatic rings. The van der Waals surface area contributed by atoms with Crippen molar-refractivity contribution in [3.05, 3.63) is 46.9 Å². The number of hydrogen-bond acceptors (Lipinski definition) is 4. The molecule has 3 heterocycles. The summed E-state index contributed by atoms with van der Waals surface area (Å²) in [5, 5.41) is 1.91. The number of fused-ring (bicyclic) bond motifs is 1. The zero-order valence-corrected chi connectivity index (χ0v) is 18.4. The fraction of sp³-hybridized carbons (Fsp3) is 0.500. The van der Waals surface area contributed by atoms with Crippen molar-refractivity contribution in [2.45, 2.75) is 58.3 Å². The number of rotatable bonds is 9. The molecule has 1 fully saturated rings. The molecule has 2 aromatic heterocycles. The summed E-state index contributed by atoms with van der Waals surface area (Å²) in [6, 6.07) is 4.85. The Morgan fingerprint density at radius 1 is 1.30 bits per heavy atom. The van der Waals surface area contributed by atoms with E-state index in [4.69, 9.17) is 0 Å². The Labute approximate surface area is 181 Å². The maximum Gasteiger partial charge on any atom is 0.185 e. The molecule has 1 aliphatic heterocycles. The van der Waals surface area contributed by atoms with Crippen LogP contribution >= 0.6 is 11.3 Å². The van der Waals surface area contributed by atoms with Gasteiger partial charge in [0.2, 0.25) is 0 Å². The third-order valence-corrected chi connectivity index (χ3v) is 7.17. The minimum absolute atomic E-state index is 0.183. The number of unbranched alkanes of at least 4 members (excludes halogenated alkanes) is 1. The zero-order valence-electron chi connectivity index (χ0n) is 17.6. The fourth-order valence-corrected chi connectivity index (χ4v) is 5.30. The fourth-order valence-electron chi connectivity index (χ4n) is 4.39. The average Bonchev–Trinajstić information content (AvgIpc) is 3.40. The summed E-state index contributed by atoms with van der Waals surface area (Å²) >= 11 is 1.54. The monoisotopic (exact) mass is 427 g/mol. The highest BCUT2D eigenvalue weighted by Gasteiger charge is 2.21. The molecule has 4 rings (SSSR count). The Kier molecular flexibility index (Phi) is 6.82. The van der Waals surface area contributed by atoms with Crippen LogP contribution in [0.2, 0.25) is 0 Å².